The van der Waals surface area contributed by atoms with Gasteiger partial charge in [0.05, 0.1) is 6.42 Å². The largest absolute Gasteiger partial charge is 0.352 e. The van der Waals surface area contributed by atoms with Crippen molar-refractivity contribution in [2.75, 3.05) is 13.1 Å². The molecular weight excluding hydrogens is 196 g/mol. The molecule has 76 valence electrons. The third kappa shape index (κ3) is 2.56. The van der Waals surface area contributed by atoms with Crippen LogP contribution in [0.25, 0.3) is 0 Å². The number of hydrogen-bond donors (Lipinski definition) is 2. The molecule has 0 spiro atoms. The summed E-state index contributed by atoms with van der Waals surface area (Å²) in [7, 11) is 0. The maximum Gasteiger partial charge on any atom is 0.224 e. The Balaban J connectivity index is 1.78. The molecule has 0 saturated carbocycles. The monoisotopic (exact) mass is 210 g/mol. The number of nitrogens with one attached hydrogen (secondary N) is 2. The van der Waals surface area contributed by atoms with Crippen molar-refractivity contribution in [2.45, 2.75) is 18.9 Å². The quantitative estimate of drug-likeness (QED) is 0.773. The standard InChI is InChI=1S/C10H14N2OS/c13-10(5-8-2-4-14-7-8)12-9-1-3-11-6-9/h2,4,7,9,11H,1,3,5-6H2,(H,12,13)/t9-/m1/s1. The number of amides is 1. The lowest BCUT2D eigenvalue weighted by Gasteiger charge is -2.10. The Labute approximate surface area is 87.5 Å². The molecule has 1 fully saturated rings. The highest BCUT2D eigenvalue weighted by molar-refractivity contribution is 7.07. The summed E-state index contributed by atoms with van der Waals surface area (Å²) in [6.45, 7) is 1.93. The molecule has 1 aromatic heterocycles. The summed E-state index contributed by atoms with van der Waals surface area (Å²) in [5.41, 5.74) is 1.11. The second-order valence-corrected chi connectivity index (χ2v) is 4.35. The van der Waals surface area contributed by atoms with Crippen LogP contribution >= 0.6 is 11.3 Å². The third-order valence-electron chi connectivity index (χ3n) is 2.37. The van der Waals surface area contributed by atoms with Crippen LogP contribution in [0.1, 0.15) is 12.0 Å². The minimum atomic E-state index is 0.136. The predicted octanol–water partition coefficient (Wildman–Crippen LogP) is 0.769. The van der Waals surface area contributed by atoms with Crippen LogP contribution in [-0.2, 0) is 11.2 Å². The van der Waals surface area contributed by atoms with Crippen LogP contribution in [0, 0.1) is 0 Å². The molecule has 2 N–H and O–H groups in total. The van der Waals surface area contributed by atoms with Crippen molar-refractivity contribution in [2.24, 2.45) is 0 Å². The van der Waals surface area contributed by atoms with Crippen LogP contribution in [0.2, 0.25) is 0 Å². The van der Waals surface area contributed by atoms with Gasteiger partial charge in [0.1, 0.15) is 0 Å². The Morgan fingerprint density at radius 1 is 1.71 bits per heavy atom. The Morgan fingerprint density at radius 2 is 2.64 bits per heavy atom. The number of rotatable bonds is 3. The Hall–Kier alpha value is -0.870. The van der Waals surface area contributed by atoms with Gasteiger partial charge in [0, 0.05) is 12.6 Å². The van der Waals surface area contributed by atoms with E-state index in [-0.39, 0.29) is 5.91 Å². The summed E-state index contributed by atoms with van der Waals surface area (Å²) in [5, 5.41) is 10.3. The molecule has 0 unspecified atom stereocenters. The maximum absolute atomic E-state index is 11.5. The average molecular weight is 210 g/mol. The van der Waals surface area contributed by atoms with Crippen LogP contribution in [0.15, 0.2) is 16.8 Å². The van der Waals surface area contributed by atoms with Gasteiger partial charge in [-0.2, -0.15) is 11.3 Å². The van der Waals surface area contributed by atoms with E-state index in [1.807, 2.05) is 16.8 Å². The molecule has 1 amide bonds. The number of hydrogen-bond acceptors (Lipinski definition) is 3. The van der Waals surface area contributed by atoms with Gasteiger partial charge in [-0.15, -0.1) is 0 Å². The third-order valence-corrected chi connectivity index (χ3v) is 3.10. The first-order valence-electron chi connectivity index (χ1n) is 4.86. The number of thiophene rings is 1. The Bertz CT molecular complexity index is 291. The van der Waals surface area contributed by atoms with Gasteiger partial charge in [0.2, 0.25) is 5.91 Å². The van der Waals surface area contributed by atoms with Gasteiger partial charge in [0.15, 0.2) is 0 Å². The zero-order valence-corrected chi connectivity index (χ0v) is 8.77. The Kier molecular flexibility index (Phi) is 3.16. The molecule has 1 saturated heterocycles. The summed E-state index contributed by atoms with van der Waals surface area (Å²) >= 11 is 1.63. The fourth-order valence-corrected chi connectivity index (χ4v) is 2.30. The highest BCUT2D eigenvalue weighted by Gasteiger charge is 2.16. The van der Waals surface area contributed by atoms with Gasteiger partial charge in [-0.1, -0.05) is 0 Å². The van der Waals surface area contributed by atoms with Crippen LogP contribution in [0.3, 0.4) is 0 Å². The van der Waals surface area contributed by atoms with Gasteiger partial charge in [-0.05, 0) is 35.4 Å². The van der Waals surface area contributed by atoms with E-state index in [0.717, 1.165) is 25.1 Å². The van der Waals surface area contributed by atoms with Crippen molar-refractivity contribution in [3.8, 4) is 0 Å². The van der Waals surface area contributed by atoms with Gasteiger partial charge in [-0.25, -0.2) is 0 Å². The van der Waals surface area contributed by atoms with Gasteiger partial charge in [0.25, 0.3) is 0 Å². The van der Waals surface area contributed by atoms with Crippen molar-refractivity contribution in [3.63, 3.8) is 0 Å². The van der Waals surface area contributed by atoms with E-state index in [1.165, 1.54) is 0 Å². The number of carbonyl (C=O) groups excluding carboxylic acids is 1. The van der Waals surface area contributed by atoms with Gasteiger partial charge >= 0.3 is 0 Å². The fourth-order valence-electron chi connectivity index (χ4n) is 1.64. The SMILES string of the molecule is O=C(Cc1ccsc1)N[C@@H]1CCNC1. The van der Waals surface area contributed by atoms with Crippen LogP contribution in [0.5, 0.6) is 0 Å². The lowest BCUT2D eigenvalue weighted by molar-refractivity contribution is -0.121. The molecule has 0 bridgehead atoms. The summed E-state index contributed by atoms with van der Waals surface area (Å²) < 4.78 is 0. The van der Waals surface area contributed by atoms with Gasteiger partial charge in [-0.3, -0.25) is 4.79 Å². The molecule has 0 aliphatic carbocycles. The normalized spacial score (nSPS) is 21.0. The van der Waals surface area contributed by atoms with E-state index in [1.54, 1.807) is 11.3 Å². The first-order chi connectivity index (χ1) is 6.84. The molecule has 4 heteroatoms. The first kappa shape index (κ1) is 9.68. The van der Waals surface area contributed by atoms with E-state index in [9.17, 15) is 4.79 Å². The average Bonchev–Trinajstić information content (AvgIpc) is 2.76. The molecular formula is C10H14N2OS. The van der Waals surface area contributed by atoms with Crippen LogP contribution in [-0.4, -0.2) is 25.0 Å². The smallest absolute Gasteiger partial charge is 0.224 e. The van der Waals surface area contributed by atoms with Gasteiger partial charge < -0.3 is 10.6 Å². The lowest BCUT2D eigenvalue weighted by atomic mass is 10.2. The number of carbonyl (C=O) groups is 1. The topological polar surface area (TPSA) is 41.1 Å². The molecule has 2 rings (SSSR count). The van der Waals surface area contributed by atoms with E-state index < -0.39 is 0 Å². The van der Waals surface area contributed by atoms with Crippen molar-refractivity contribution in [1.82, 2.24) is 10.6 Å². The minimum Gasteiger partial charge on any atom is -0.352 e. The first-order valence-corrected chi connectivity index (χ1v) is 5.80. The van der Waals surface area contributed by atoms with Crippen molar-refractivity contribution in [1.29, 1.82) is 0 Å². The summed E-state index contributed by atoms with van der Waals surface area (Å²) in [6.07, 6.45) is 1.56. The zero-order valence-electron chi connectivity index (χ0n) is 7.95. The molecule has 0 radical (unpaired) electrons. The highest BCUT2D eigenvalue weighted by atomic mass is 32.1. The molecule has 0 aromatic carbocycles. The van der Waals surface area contributed by atoms with Crippen LogP contribution < -0.4 is 10.6 Å². The molecule has 14 heavy (non-hydrogen) atoms. The minimum absolute atomic E-state index is 0.136. The van der Waals surface area contributed by atoms with E-state index in [4.69, 9.17) is 0 Å². The highest BCUT2D eigenvalue weighted by Crippen LogP contribution is 2.07. The molecule has 1 aliphatic rings. The summed E-state index contributed by atoms with van der Waals surface area (Å²) in [5.74, 6) is 0.136. The fraction of sp³-hybridized carbons (Fsp3) is 0.500. The van der Waals surface area contributed by atoms with Crippen molar-refractivity contribution < 1.29 is 4.79 Å². The molecule has 1 aliphatic heterocycles. The zero-order chi connectivity index (χ0) is 9.80. The molecule has 1 aromatic rings. The van der Waals surface area contributed by atoms with E-state index in [2.05, 4.69) is 10.6 Å². The van der Waals surface area contributed by atoms with E-state index in [0.29, 0.717) is 12.5 Å². The molecule has 1 atom stereocenters. The van der Waals surface area contributed by atoms with Crippen molar-refractivity contribution >= 4 is 17.2 Å². The van der Waals surface area contributed by atoms with Crippen LogP contribution in [0.4, 0.5) is 0 Å². The maximum atomic E-state index is 11.5. The summed E-state index contributed by atoms with van der Waals surface area (Å²) in [6, 6.07) is 2.33. The second-order valence-electron chi connectivity index (χ2n) is 3.57. The van der Waals surface area contributed by atoms with E-state index >= 15 is 0 Å². The Morgan fingerprint density at radius 3 is 3.29 bits per heavy atom. The lowest BCUT2D eigenvalue weighted by Crippen LogP contribution is -2.37. The second kappa shape index (κ2) is 4.57. The predicted molar refractivity (Wildman–Crippen MR) is 57.4 cm³/mol. The summed E-state index contributed by atoms with van der Waals surface area (Å²) in [4.78, 5) is 11.5. The molecule has 2 heterocycles. The molecule has 3 nitrogen and oxygen atoms in total. The van der Waals surface area contributed by atoms with Crippen molar-refractivity contribution in [3.05, 3.63) is 22.4 Å².